The molecule has 152 valence electrons. The zero-order valence-corrected chi connectivity index (χ0v) is 17.4. The minimum atomic E-state index is -3.58. The van der Waals surface area contributed by atoms with Crippen molar-refractivity contribution in [3.05, 3.63) is 41.1 Å². The molecule has 1 aromatic rings. The van der Waals surface area contributed by atoms with E-state index in [0.717, 1.165) is 24.7 Å². The molecule has 3 atom stereocenters. The maximum atomic E-state index is 12.7. The molecular formula is C21H29N3O3S. The fourth-order valence-corrected chi connectivity index (χ4v) is 6.82. The highest BCUT2D eigenvalue weighted by atomic mass is 32.2. The van der Waals surface area contributed by atoms with Gasteiger partial charge in [-0.1, -0.05) is 19.9 Å². The molecule has 28 heavy (non-hydrogen) atoms. The van der Waals surface area contributed by atoms with E-state index in [0.29, 0.717) is 24.6 Å². The van der Waals surface area contributed by atoms with Crippen molar-refractivity contribution < 1.29 is 13.2 Å². The van der Waals surface area contributed by atoms with Gasteiger partial charge in [-0.15, -0.1) is 0 Å². The van der Waals surface area contributed by atoms with E-state index in [9.17, 15) is 13.2 Å². The summed E-state index contributed by atoms with van der Waals surface area (Å²) in [7, 11) is -3.58. The van der Waals surface area contributed by atoms with Crippen LogP contribution < -0.4 is 10.9 Å². The Hall–Kier alpha value is -1.86. The Morgan fingerprint density at radius 3 is 2.39 bits per heavy atom. The van der Waals surface area contributed by atoms with Gasteiger partial charge in [-0.25, -0.2) is 8.42 Å². The van der Waals surface area contributed by atoms with Gasteiger partial charge in [0.2, 0.25) is 10.0 Å². The number of benzene rings is 1. The monoisotopic (exact) mass is 403 g/mol. The lowest BCUT2D eigenvalue weighted by atomic mass is 9.60. The van der Waals surface area contributed by atoms with Gasteiger partial charge >= 0.3 is 0 Å². The molecule has 4 bridgehead atoms. The molecule has 4 aliphatic rings. The van der Waals surface area contributed by atoms with E-state index in [2.05, 4.69) is 10.9 Å². The van der Waals surface area contributed by atoms with E-state index in [1.54, 1.807) is 32.0 Å². The molecule has 0 aromatic heterocycles. The fourth-order valence-electron chi connectivity index (χ4n) is 5.32. The van der Waals surface area contributed by atoms with Crippen LogP contribution in [0.2, 0.25) is 0 Å². The predicted octanol–water partition coefficient (Wildman–Crippen LogP) is 3.05. The van der Waals surface area contributed by atoms with E-state index in [1.807, 2.05) is 0 Å². The Bertz CT molecular complexity index is 889. The molecule has 2 N–H and O–H groups in total. The molecule has 1 unspecified atom stereocenters. The van der Waals surface area contributed by atoms with Gasteiger partial charge in [0.25, 0.3) is 5.91 Å². The van der Waals surface area contributed by atoms with Gasteiger partial charge in [0.1, 0.15) is 0 Å². The molecule has 0 spiro atoms. The number of sulfonamides is 1. The highest BCUT2D eigenvalue weighted by Gasteiger charge is 2.41. The number of hydrazine groups is 1. The minimum Gasteiger partial charge on any atom is -0.302 e. The lowest BCUT2D eigenvalue weighted by Crippen LogP contribution is -2.45. The van der Waals surface area contributed by atoms with E-state index in [1.165, 1.54) is 40.9 Å². The van der Waals surface area contributed by atoms with Crippen molar-refractivity contribution in [2.45, 2.75) is 50.8 Å². The topological polar surface area (TPSA) is 78.5 Å². The van der Waals surface area contributed by atoms with Crippen LogP contribution in [0, 0.1) is 17.8 Å². The number of allylic oxidation sites excluding steroid dienone is 2. The number of rotatable bonds is 7. The summed E-state index contributed by atoms with van der Waals surface area (Å²) in [6.07, 6.45) is 6.12. The summed E-state index contributed by atoms with van der Waals surface area (Å²) in [5.74, 6) is 1.89. The average Bonchev–Trinajstić information content (AvgIpc) is 2.67. The maximum Gasteiger partial charge on any atom is 0.269 e. The molecule has 0 aliphatic heterocycles. The second kappa shape index (κ2) is 7.52. The van der Waals surface area contributed by atoms with Gasteiger partial charge in [-0.3, -0.25) is 10.2 Å². The summed E-state index contributed by atoms with van der Waals surface area (Å²) in [6, 6.07) is 6.27. The standard InChI is InChI=1S/C21H29N3O3S/c1-3-24(4-2)28(26,27)19-7-5-6-16(13-19)21(25)23-22-20-17-9-14-8-15(11-17)12-18(20)10-14/h5-7,13-15,17,22H,3-4,8-12H2,1-2H3,(H,23,25)/t14-,15+,17?. The number of nitrogens with zero attached hydrogens (tertiary/aromatic N) is 1. The van der Waals surface area contributed by atoms with Gasteiger partial charge in [0, 0.05) is 30.3 Å². The third-order valence-corrected chi connectivity index (χ3v) is 8.56. The van der Waals surface area contributed by atoms with Crippen LogP contribution in [0.25, 0.3) is 0 Å². The third kappa shape index (κ3) is 3.46. The molecule has 1 amide bonds. The van der Waals surface area contributed by atoms with Crippen molar-refractivity contribution >= 4 is 15.9 Å². The molecule has 7 heteroatoms. The summed E-state index contributed by atoms with van der Waals surface area (Å²) in [5, 5.41) is 0. The van der Waals surface area contributed by atoms with Crippen LogP contribution in [0.1, 0.15) is 56.3 Å². The number of hydrogen-bond donors (Lipinski definition) is 2. The van der Waals surface area contributed by atoms with Crippen LogP contribution in [0.4, 0.5) is 0 Å². The normalized spacial score (nSPS) is 26.0. The number of nitrogens with one attached hydrogen (secondary N) is 2. The highest BCUT2D eigenvalue weighted by Crippen LogP contribution is 2.52. The first-order valence-electron chi connectivity index (χ1n) is 10.3. The van der Waals surface area contributed by atoms with Crippen molar-refractivity contribution in [1.29, 1.82) is 0 Å². The van der Waals surface area contributed by atoms with Crippen molar-refractivity contribution in [3.8, 4) is 0 Å². The summed E-state index contributed by atoms with van der Waals surface area (Å²) in [4.78, 5) is 12.8. The van der Waals surface area contributed by atoms with Crippen LogP contribution in [-0.2, 0) is 10.0 Å². The fraction of sp³-hybridized carbons (Fsp3) is 0.571. The van der Waals surface area contributed by atoms with Crippen molar-refractivity contribution in [2.75, 3.05) is 13.1 Å². The summed E-state index contributed by atoms with van der Waals surface area (Å²) in [5.41, 5.74) is 9.01. The van der Waals surface area contributed by atoms with Crippen LogP contribution in [0.3, 0.4) is 0 Å². The largest absolute Gasteiger partial charge is 0.302 e. The molecular weight excluding hydrogens is 374 g/mol. The zero-order chi connectivity index (χ0) is 19.9. The molecule has 2 saturated carbocycles. The molecule has 2 fully saturated rings. The lowest BCUT2D eigenvalue weighted by molar-refractivity contribution is 0.0924. The van der Waals surface area contributed by atoms with Gasteiger partial charge in [-0.05, 0) is 67.7 Å². The zero-order valence-electron chi connectivity index (χ0n) is 16.6. The molecule has 5 rings (SSSR count). The van der Waals surface area contributed by atoms with Gasteiger partial charge in [-0.2, -0.15) is 4.31 Å². The van der Waals surface area contributed by atoms with E-state index < -0.39 is 10.0 Å². The molecule has 4 aliphatic carbocycles. The summed E-state index contributed by atoms with van der Waals surface area (Å²) < 4.78 is 26.8. The first-order valence-corrected chi connectivity index (χ1v) is 11.7. The Morgan fingerprint density at radius 1 is 1.11 bits per heavy atom. The van der Waals surface area contributed by atoms with Crippen LogP contribution in [-0.4, -0.2) is 31.7 Å². The summed E-state index contributed by atoms with van der Waals surface area (Å²) >= 11 is 0. The lowest BCUT2D eigenvalue weighted by Gasteiger charge is -2.47. The molecule has 0 radical (unpaired) electrons. The third-order valence-electron chi connectivity index (χ3n) is 6.51. The number of carbonyl (C=O) groups is 1. The molecule has 6 nitrogen and oxygen atoms in total. The number of carbonyl (C=O) groups excluding carboxylic acids is 1. The van der Waals surface area contributed by atoms with Gasteiger partial charge in [0.15, 0.2) is 0 Å². The first-order chi connectivity index (χ1) is 13.4. The number of amides is 1. The van der Waals surface area contributed by atoms with Crippen LogP contribution in [0.5, 0.6) is 0 Å². The Labute approximate surface area is 167 Å². The molecule has 0 heterocycles. The quantitative estimate of drug-likeness (QED) is 0.686. The van der Waals surface area contributed by atoms with Gasteiger partial charge in [0.05, 0.1) is 4.90 Å². The SMILES string of the molecule is CCN(CC)S(=O)(=O)c1cccc(C(=O)NNC2=C3C[C@@H]4CC2C[C@H](C3)C4)c1. The average molecular weight is 404 g/mol. The van der Waals surface area contributed by atoms with Crippen molar-refractivity contribution in [3.63, 3.8) is 0 Å². The van der Waals surface area contributed by atoms with Gasteiger partial charge < -0.3 is 5.43 Å². The van der Waals surface area contributed by atoms with E-state index >= 15 is 0 Å². The van der Waals surface area contributed by atoms with Crippen LogP contribution in [0.15, 0.2) is 40.4 Å². The highest BCUT2D eigenvalue weighted by molar-refractivity contribution is 7.89. The van der Waals surface area contributed by atoms with Crippen molar-refractivity contribution in [2.24, 2.45) is 17.8 Å². The predicted molar refractivity (Wildman–Crippen MR) is 108 cm³/mol. The van der Waals surface area contributed by atoms with E-state index in [-0.39, 0.29) is 10.8 Å². The first kappa shape index (κ1) is 19.5. The number of hydrogen-bond acceptors (Lipinski definition) is 4. The Kier molecular flexibility index (Phi) is 5.22. The molecule has 0 saturated heterocycles. The second-order valence-corrected chi connectivity index (χ2v) is 10.2. The second-order valence-electron chi connectivity index (χ2n) is 8.26. The van der Waals surface area contributed by atoms with Crippen LogP contribution >= 0.6 is 0 Å². The minimum absolute atomic E-state index is 0.153. The smallest absolute Gasteiger partial charge is 0.269 e. The maximum absolute atomic E-state index is 12.7. The Balaban J connectivity index is 1.48. The summed E-state index contributed by atoms with van der Waals surface area (Å²) in [6.45, 7) is 4.41. The Morgan fingerprint density at radius 2 is 1.79 bits per heavy atom. The van der Waals surface area contributed by atoms with E-state index in [4.69, 9.17) is 0 Å². The van der Waals surface area contributed by atoms with Crippen molar-refractivity contribution in [1.82, 2.24) is 15.2 Å². The molecule has 1 aromatic carbocycles.